The van der Waals surface area contributed by atoms with E-state index < -0.39 is 0 Å². The second-order valence-corrected chi connectivity index (χ2v) is 8.34. The van der Waals surface area contributed by atoms with Crippen molar-refractivity contribution in [2.24, 2.45) is 0 Å². The molecule has 1 saturated heterocycles. The fraction of sp³-hybridized carbons (Fsp3) is 0.591. The Labute approximate surface area is 175 Å². The smallest absolute Gasteiger partial charge is 0.291 e. The number of aryl methyl sites for hydroxylation is 1. The summed E-state index contributed by atoms with van der Waals surface area (Å²) in [6.45, 7) is 8.05. The van der Waals surface area contributed by atoms with E-state index in [4.69, 9.17) is 4.42 Å². The van der Waals surface area contributed by atoms with Crippen molar-refractivity contribution in [1.82, 2.24) is 24.4 Å². The minimum atomic E-state index is -0.287. The molecule has 3 aromatic rings. The summed E-state index contributed by atoms with van der Waals surface area (Å²) >= 11 is 0. The highest BCUT2D eigenvalue weighted by Gasteiger charge is 2.23. The molecule has 0 aliphatic carbocycles. The van der Waals surface area contributed by atoms with E-state index in [-0.39, 0.29) is 18.0 Å². The number of carbonyl (C=O) groups excluding carboxylic acids is 1. The van der Waals surface area contributed by atoms with Crippen molar-refractivity contribution in [3.63, 3.8) is 0 Å². The normalized spacial score (nSPS) is 20.2. The Morgan fingerprint density at radius 1 is 1.27 bits per heavy atom. The van der Waals surface area contributed by atoms with Crippen molar-refractivity contribution in [2.45, 2.75) is 71.5 Å². The molecule has 1 aliphatic rings. The quantitative estimate of drug-likeness (QED) is 0.602. The van der Waals surface area contributed by atoms with Crippen LogP contribution in [0.1, 0.15) is 52.3 Å². The molecule has 0 unspecified atom stereocenters. The van der Waals surface area contributed by atoms with Gasteiger partial charge in [-0.25, -0.2) is 4.68 Å². The van der Waals surface area contributed by atoms with E-state index in [1.807, 2.05) is 17.4 Å². The fourth-order valence-corrected chi connectivity index (χ4v) is 4.66. The number of nitrogens with zero attached hydrogens (tertiary/aromatic N) is 4. The number of carbonyl (C=O) groups is 1. The molecular formula is C22H31N5O3. The molecule has 2 atom stereocenters. The Morgan fingerprint density at radius 2 is 2.03 bits per heavy atom. The average molecular weight is 414 g/mol. The van der Waals surface area contributed by atoms with E-state index in [1.54, 1.807) is 12.3 Å². The predicted octanol–water partition coefficient (Wildman–Crippen LogP) is 2.57. The standard InChI is InChI=1S/C22H31N5O3/c1-4-20-24-26(22(29)18-13-19-17(27(18)20)9-12-30-19)14-21(28)23-10-6-11-25-15(2)7-5-8-16(25)3/h9,12-13,15-16H,4-8,10-11,14H2,1-3H3,(H,23,28)/t15-,16-/m0/s1. The lowest BCUT2D eigenvalue weighted by Gasteiger charge is -2.39. The maximum absolute atomic E-state index is 12.9. The lowest BCUT2D eigenvalue weighted by atomic mass is 9.97. The first kappa shape index (κ1) is 20.7. The summed E-state index contributed by atoms with van der Waals surface area (Å²) in [7, 11) is 0. The second kappa shape index (κ2) is 8.63. The molecule has 4 rings (SSSR count). The van der Waals surface area contributed by atoms with Gasteiger partial charge < -0.3 is 9.73 Å². The van der Waals surface area contributed by atoms with Crippen LogP contribution in [-0.4, -0.2) is 50.2 Å². The highest BCUT2D eigenvalue weighted by molar-refractivity contribution is 5.82. The van der Waals surface area contributed by atoms with Gasteiger partial charge >= 0.3 is 0 Å². The van der Waals surface area contributed by atoms with E-state index in [0.717, 1.165) is 24.3 Å². The summed E-state index contributed by atoms with van der Waals surface area (Å²) in [6.07, 6.45) is 6.93. The summed E-state index contributed by atoms with van der Waals surface area (Å²) in [4.78, 5) is 27.8. The van der Waals surface area contributed by atoms with Crippen LogP contribution in [0.5, 0.6) is 0 Å². The van der Waals surface area contributed by atoms with Crippen LogP contribution in [0.15, 0.2) is 27.6 Å². The van der Waals surface area contributed by atoms with Crippen LogP contribution in [0.25, 0.3) is 16.6 Å². The zero-order chi connectivity index (χ0) is 21.3. The number of piperidine rings is 1. The fourth-order valence-electron chi connectivity index (χ4n) is 4.66. The van der Waals surface area contributed by atoms with Crippen LogP contribution in [0.3, 0.4) is 0 Å². The van der Waals surface area contributed by atoms with Crippen molar-refractivity contribution < 1.29 is 9.21 Å². The van der Waals surface area contributed by atoms with Gasteiger partial charge in [-0.05, 0) is 33.1 Å². The summed E-state index contributed by atoms with van der Waals surface area (Å²) < 4.78 is 8.51. The van der Waals surface area contributed by atoms with Crippen LogP contribution in [0.2, 0.25) is 0 Å². The van der Waals surface area contributed by atoms with Gasteiger partial charge in [0, 0.05) is 43.7 Å². The third-order valence-corrected chi connectivity index (χ3v) is 6.27. The molecule has 162 valence electrons. The number of nitrogens with one attached hydrogen (secondary N) is 1. The van der Waals surface area contributed by atoms with Gasteiger partial charge in [0.15, 0.2) is 5.58 Å². The van der Waals surface area contributed by atoms with Gasteiger partial charge in [0.25, 0.3) is 5.56 Å². The molecule has 1 amide bonds. The van der Waals surface area contributed by atoms with Gasteiger partial charge in [-0.3, -0.25) is 18.9 Å². The Hall–Kier alpha value is -2.61. The van der Waals surface area contributed by atoms with Gasteiger partial charge in [-0.2, -0.15) is 5.10 Å². The number of rotatable bonds is 7. The van der Waals surface area contributed by atoms with Gasteiger partial charge in [0.1, 0.15) is 17.9 Å². The molecule has 0 bridgehead atoms. The minimum Gasteiger partial charge on any atom is -0.463 e. The van der Waals surface area contributed by atoms with E-state index in [1.165, 1.54) is 23.9 Å². The number of hydrogen-bond donors (Lipinski definition) is 1. The summed E-state index contributed by atoms with van der Waals surface area (Å²) in [5.74, 6) is 0.535. The topological polar surface area (TPSA) is 84.8 Å². The van der Waals surface area contributed by atoms with Crippen molar-refractivity contribution in [3.05, 3.63) is 34.6 Å². The summed E-state index contributed by atoms with van der Waals surface area (Å²) in [6, 6.07) is 4.75. The van der Waals surface area contributed by atoms with Crippen LogP contribution < -0.4 is 10.9 Å². The molecule has 1 N–H and O–H groups in total. The molecular weight excluding hydrogens is 382 g/mol. The van der Waals surface area contributed by atoms with Crippen molar-refractivity contribution in [3.8, 4) is 0 Å². The van der Waals surface area contributed by atoms with E-state index in [0.29, 0.717) is 36.1 Å². The third-order valence-electron chi connectivity index (χ3n) is 6.27. The third kappa shape index (κ3) is 3.88. The number of amides is 1. The maximum Gasteiger partial charge on any atom is 0.291 e. The van der Waals surface area contributed by atoms with Gasteiger partial charge in [-0.15, -0.1) is 0 Å². The number of aromatic nitrogens is 3. The zero-order valence-corrected chi connectivity index (χ0v) is 18.1. The molecule has 4 heterocycles. The second-order valence-electron chi connectivity index (χ2n) is 8.34. The SMILES string of the molecule is CCc1nn(CC(=O)NCCCN2[C@@H](C)CCC[C@@H]2C)c(=O)c2cc3occc3n12. The highest BCUT2D eigenvalue weighted by atomic mass is 16.3. The van der Waals surface area contributed by atoms with E-state index >= 15 is 0 Å². The lowest BCUT2D eigenvalue weighted by molar-refractivity contribution is -0.121. The molecule has 0 radical (unpaired) electrons. The monoisotopic (exact) mass is 413 g/mol. The lowest BCUT2D eigenvalue weighted by Crippen LogP contribution is -2.45. The van der Waals surface area contributed by atoms with Crippen LogP contribution >= 0.6 is 0 Å². The molecule has 0 aromatic carbocycles. The number of likely N-dealkylation sites (tertiary alicyclic amines) is 1. The molecule has 0 spiro atoms. The molecule has 8 nitrogen and oxygen atoms in total. The maximum atomic E-state index is 12.9. The average Bonchev–Trinajstić information content (AvgIpc) is 3.31. The molecule has 1 aliphatic heterocycles. The number of fused-ring (bicyclic) bond motifs is 3. The molecule has 3 aromatic heterocycles. The van der Waals surface area contributed by atoms with Gasteiger partial charge in [0.2, 0.25) is 5.91 Å². The Bertz CT molecular complexity index is 1090. The molecule has 1 fully saturated rings. The first-order valence-electron chi connectivity index (χ1n) is 11.0. The van der Waals surface area contributed by atoms with Crippen molar-refractivity contribution >= 4 is 22.5 Å². The first-order chi connectivity index (χ1) is 14.5. The first-order valence-corrected chi connectivity index (χ1v) is 11.0. The largest absolute Gasteiger partial charge is 0.463 e. The van der Waals surface area contributed by atoms with Crippen LogP contribution in [0, 0.1) is 0 Å². The van der Waals surface area contributed by atoms with Crippen molar-refractivity contribution in [1.29, 1.82) is 0 Å². The summed E-state index contributed by atoms with van der Waals surface area (Å²) in [5.41, 5.74) is 1.66. The van der Waals surface area contributed by atoms with Crippen LogP contribution in [-0.2, 0) is 17.8 Å². The highest BCUT2D eigenvalue weighted by Crippen LogP contribution is 2.22. The Kier molecular flexibility index (Phi) is 5.94. The van der Waals surface area contributed by atoms with E-state index in [2.05, 4.69) is 29.2 Å². The Morgan fingerprint density at radius 3 is 2.77 bits per heavy atom. The van der Waals surface area contributed by atoms with E-state index in [9.17, 15) is 9.59 Å². The molecule has 0 saturated carbocycles. The van der Waals surface area contributed by atoms with Gasteiger partial charge in [-0.1, -0.05) is 13.3 Å². The molecule has 8 heteroatoms. The minimum absolute atomic E-state index is 0.0780. The number of furan rings is 1. The van der Waals surface area contributed by atoms with Gasteiger partial charge in [0.05, 0.1) is 11.8 Å². The predicted molar refractivity (Wildman–Crippen MR) is 116 cm³/mol. The number of hydrogen-bond acceptors (Lipinski definition) is 5. The van der Waals surface area contributed by atoms with Crippen molar-refractivity contribution in [2.75, 3.05) is 13.1 Å². The summed E-state index contributed by atoms with van der Waals surface area (Å²) in [5, 5.41) is 7.38. The Balaban J connectivity index is 1.39. The molecule has 30 heavy (non-hydrogen) atoms. The van der Waals surface area contributed by atoms with Crippen LogP contribution in [0.4, 0.5) is 0 Å². The zero-order valence-electron chi connectivity index (χ0n) is 18.1.